The summed E-state index contributed by atoms with van der Waals surface area (Å²) < 4.78 is 27.8. The summed E-state index contributed by atoms with van der Waals surface area (Å²) in [7, 11) is -4.04. The lowest BCUT2D eigenvalue weighted by atomic mass is 10.1. The molecule has 32 heavy (non-hydrogen) atoms. The van der Waals surface area contributed by atoms with Crippen LogP contribution in [-0.4, -0.2) is 20.9 Å². The van der Waals surface area contributed by atoms with E-state index in [0.717, 1.165) is 16.3 Å². The smallest absolute Gasteiger partial charge is 0.264 e. The van der Waals surface area contributed by atoms with Gasteiger partial charge in [-0.1, -0.05) is 60.5 Å². The van der Waals surface area contributed by atoms with Crippen LogP contribution in [0.15, 0.2) is 77.7 Å². The van der Waals surface area contributed by atoms with E-state index in [9.17, 15) is 13.2 Å². The van der Waals surface area contributed by atoms with Crippen molar-refractivity contribution in [2.75, 3.05) is 10.8 Å². The van der Waals surface area contributed by atoms with Crippen LogP contribution in [0.3, 0.4) is 0 Å². The normalized spacial score (nSPS) is 12.2. The topological polar surface area (TPSA) is 66.5 Å². The van der Waals surface area contributed by atoms with Gasteiger partial charge in [-0.2, -0.15) is 0 Å². The minimum absolute atomic E-state index is 0.0258. The van der Waals surface area contributed by atoms with Crippen LogP contribution < -0.4 is 9.62 Å². The summed E-state index contributed by atoms with van der Waals surface area (Å²) in [6.07, 6.45) is 0.929. The van der Waals surface area contributed by atoms with Crippen molar-refractivity contribution in [3.05, 3.63) is 94.0 Å². The Morgan fingerprint density at radius 3 is 2.22 bits per heavy atom. The Balaban J connectivity index is 1.86. The number of carbonyl (C=O) groups excluding carboxylic acids is 1. The van der Waals surface area contributed by atoms with Crippen LogP contribution in [-0.2, 0) is 21.2 Å². The third-order valence-corrected chi connectivity index (χ3v) is 7.33. The summed E-state index contributed by atoms with van der Waals surface area (Å²) in [5, 5.41) is 3.66. The quantitative estimate of drug-likeness (QED) is 0.444. The first-order valence-electron chi connectivity index (χ1n) is 10.1. The molecule has 5 nitrogen and oxygen atoms in total. The van der Waals surface area contributed by atoms with Gasteiger partial charge in [-0.3, -0.25) is 9.10 Å². The molecular formula is C24H24Cl2N2O3S. The predicted molar refractivity (Wildman–Crippen MR) is 130 cm³/mol. The molecule has 3 aromatic rings. The van der Waals surface area contributed by atoms with Crippen LogP contribution in [0.25, 0.3) is 0 Å². The minimum Gasteiger partial charge on any atom is -0.348 e. The Labute approximate surface area is 199 Å². The summed E-state index contributed by atoms with van der Waals surface area (Å²) in [6, 6.07) is 19.9. The van der Waals surface area contributed by atoms with Crippen LogP contribution in [0.5, 0.6) is 0 Å². The van der Waals surface area contributed by atoms with Gasteiger partial charge in [0, 0.05) is 10.0 Å². The Morgan fingerprint density at radius 1 is 0.969 bits per heavy atom. The van der Waals surface area contributed by atoms with E-state index in [0.29, 0.717) is 15.7 Å². The molecule has 8 heteroatoms. The van der Waals surface area contributed by atoms with Crippen molar-refractivity contribution in [3.63, 3.8) is 0 Å². The summed E-state index contributed by atoms with van der Waals surface area (Å²) >= 11 is 12.0. The summed E-state index contributed by atoms with van der Waals surface area (Å²) in [5.74, 6) is -0.436. The van der Waals surface area contributed by atoms with Gasteiger partial charge in [0.2, 0.25) is 5.91 Å². The molecule has 0 aliphatic carbocycles. The number of benzene rings is 3. The number of hydrogen-bond acceptors (Lipinski definition) is 3. The molecule has 1 atom stereocenters. The lowest BCUT2D eigenvalue weighted by Crippen LogP contribution is -2.41. The minimum atomic E-state index is -4.04. The van der Waals surface area contributed by atoms with Gasteiger partial charge in [0.15, 0.2) is 0 Å². The summed E-state index contributed by atoms with van der Waals surface area (Å²) in [4.78, 5) is 12.9. The number of halogens is 2. The standard InChI is InChI=1S/C24H24Cl2N2O3S/c1-3-18-7-9-19(10-8-18)17(2)27-24(29)16-28(22-6-4-5-21(26)15-22)32(30,31)23-13-11-20(25)12-14-23/h4-15,17H,3,16H2,1-2H3,(H,27,29). The maximum absolute atomic E-state index is 13.4. The van der Waals surface area contributed by atoms with Crippen molar-refractivity contribution in [1.29, 1.82) is 0 Å². The molecule has 3 rings (SSSR count). The molecule has 0 aromatic heterocycles. The highest BCUT2D eigenvalue weighted by Gasteiger charge is 2.28. The second kappa shape index (κ2) is 10.4. The molecule has 0 saturated heterocycles. The molecule has 0 bridgehead atoms. The average Bonchev–Trinajstić information content (AvgIpc) is 2.77. The van der Waals surface area contributed by atoms with Crippen LogP contribution in [0.2, 0.25) is 10.0 Å². The second-order valence-electron chi connectivity index (χ2n) is 7.33. The molecule has 168 valence electrons. The Kier molecular flexibility index (Phi) is 7.82. The second-order valence-corrected chi connectivity index (χ2v) is 10.1. The molecular weight excluding hydrogens is 467 g/mol. The number of hydrogen-bond donors (Lipinski definition) is 1. The highest BCUT2D eigenvalue weighted by Crippen LogP contribution is 2.27. The van der Waals surface area contributed by atoms with Gasteiger partial charge in [0.25, 0.3) is 10.0 Å². The molecule has 0 aliphatic heterocycles. The third kappa shape index (κ3) is 5.82. The zero-order valence-corrected chi connectivity index (χ0v) is 20.1. The van der Waals surface area contributed by atoms with E-state index >= 15 is 0 Å². The van der Waals surface area contributed by atoms with E-state index < -0.39 is 22.5 Å². The van der Waals surface area contributed by atoms with Crippen molar-refractivity contribution in [3.8, 4) is 0 Å². The number of nitrogens with one attached hydrogen (secondary N) is 1. The maximum Gasteiger partial charge on any atom is 0.264 e. The largest absolute Gasteiger partial charge is 0.348 e. The Hall–Kier alpha value is -2.54. The first-order valence-corrected chi connectivity index (χ1v) is 12.3. The molecule has 0 radical (unpaired) electrons. The van der Waals surface area contributed by atoms with E-state index in [1.165, 1.54) is 35.9 Å². The van der Waals surface area contributed by atoms with Gasteiger partial charge in [-0.05, 0) is 66.9 Å². The van der Waals surface area contributed by atoms with Crippen LogP contribution in [0.4, 0.5) is 5.69 Å². The number of amides is 1. The molecule has 3 aromatic carbocycles. The number of sulfonamides is 1. The highest BCUT2D eigenvalue weighted by atomic mass is 35.5. The van der Waals surface area contributed by atoms with Crippen LogP contribution in [0.1, 0.15) is 31.0 Å². The number of rotatable bonds is 8. The van der Waals surface area contributed by atoms with Gasteiger partial charge in [0.05, 0.1) is 16.6 Å². The molecule has 1 N–H and O–H groups in total. The van der Waals surface area contributed by atoms with E-state index in [4.69, 9.17) is 23.2 Å². The van der Waals surface area contributed by atoms with Crippen molar-refractivity contribution < 1.29 is 13.2 Å². The molecule has 0 aliphatic rings. The molecule has 0 spiro atoms. The van der Waals surface area contributed by atoms with E-state index in [1.54, 1.807) is 18.2 Å². The van der Waals surface area contributed by atoms with Gasteiger partial charge < -0.3 is 5.32 Å². The zero-order chi connectivity index (χ0) is 23.3. The fourth-order valence-electron chi connectivity index (χ4n) is 3.22. The maximum atomic E-state index is 13.4. The van der Waals surface area contributed by atoms with E-state index in [2.05, 4.69) is 12.2 Å². The van der Waals surface area contributed by atoms with Gasteiger partial charge >= 0.3 is 0 Å². The number of aryl methyl sites for hydroxylation is 1. The zero-order valence-electron chi connectivity index (χ0n) is 17.8. The number of carbonyl (C=O) groups is 1. The van der Waals surface area contributed by atoms with Crippen molar-refractivity contribution in [1.82, 2.24) is 5.32 Å². The van der Waals surface area contributed by atoms with E-state index in [-0.39, 0.29) is 10.9 Å². The van der Waals surface area contributed by atoms with Gasteiger partial charge in [-0.15, -0.1) is 0 Å². The van der Waals surface area contributed by atoms with Crippen molar-refractivity contribution in [2.24, 2.45) is 0 Å². The molecule has 0 heterocycles. The van der Waals surface area contributed by atoms with Crippen molar-refractivity contribution in [2.45, 2.75) is 31.2 Å². The highest BCUT2D eigenvalue weighted by molar-refractivity contribution is 7.92. The van der Waals surface area contributed by atoms with E-state index in [1.807, 2.05) is 31.2 Å². The van der Waals surface area contributed by atoms with Gasteiger partial charge in [0.1, 0.15) is 6.54 Å². The number of anilines is 1. The molecule has 1 unspecified atom stereocenters. The summed E-state index contributed by atoms with van der Waals surface area (Å²) in [5.41, 5.74) is 2.43. The Bertz CT molecular complexity index is 1180. The molecule has 1 amide bonds. The first-order chi connectivity index (χ1) is 15.2. The predicted octanol–water partition coefficient (Wildman–Crippen LogP) is 5.63. The Morgan fingerprint density at radius 2 is 1.62 bits per heavy atom. The molecule has 0 saturated carbocycles. The summed E-state index contributed by atoms with van der Waals surface area (Å²) in [6.45, 7) is 3.53. The average molecular weight is 491 g/mol. The van der Waals surface area contributed by atoms with Gasteiger partial charge in [-0.25, -0.2) is 8.42 Å². The monoisotopic (exact) mass is 490 g/mol. The molecule has 0 fully saturated rings. The number of nitrogens with zero attached hydrogens (tertiary/aromatic N) is 1. The third-order valence-electron chi connectivity index (χ3n) is 5.05. The van der Waals surface area contributed by atoms with Crippen LogP contribution >= 0.6 is 23.2 Å². The van der Waals surface area contributed by atoms with Crippen LogP contribution in [0, 0.1) is 0 Å². The fourth-order valence-corrected chi connectivity index (χ4v) is 4.95. The lowest BCUT2D eigenvalue weighted by molar-refractivity contribution is -0.120. The first kappa shape index (κ1) is 24.1. The lowest BCUT2D eigenvalue weighted by Gasteiger charge is -2.25. The van der Waals surface area contributed by atoms with Crippen molar-refractivity contribution >= 4 is 44.8 Å². The fraction of sp³-hybridized carbons (Fsp3) is 0.208. The SMILES string of the molecule is CCc1ccc(C(C)NC(=O)CN(c2cccc(Cl)c2)S(=O)(=O)c2ccc(Cl)cc2)cc1.